The van der Waals surface area contributed by atoms with Gasteiger partial charge >= 0.3 is 0 Å². The number of aromatic nitrogens is 1. The van der Waals surface area contributed by atoms with Gasteiger partial charge in [0.2, 0.25) is 5.96 Å². The summed E-state index contributed by atoms with van der Waals surface area (Å²) in [4.78, 5) is 5.72. The number of aliphatic imine (C=N–C) groups is 1. The molecule has 7 aromatic carbocycles. The molecule has 47 heavy (non-hydrogen) atoms. The largest absolute Gasteiger partial charge is 0.317 e. The molecule has 1 aliphatic rings. The molecule has 3 nitrogen and oxygen atoms in total. The summed E-state index contributed by atoms with van der Waals surface area (Å²) in [5.41, 5.74) is 4.83. The van der Waals surface area contributed by atoms with Gasteiger partial charge in [0.05, 0.1) is 11.0 Å². The molecule has 11 rings (SSSR count). The number of anilines is 1. The summed E-state index contributed by atoms with van der Waals surface area (Å²) in [6.45, 7) is 0. The van der Waals surface area contributed by atoms with Crippen molar-refractivity contribution in [2.24, 2.45) is 4.99 Å². The average molecular weight is 636 g/mol. The minimum absolute atomic E-state index is 0.170. The summed E-state index contributed by atoms with van der Waals surface area (Å²) >= 11 is 3.72. The molecule has 0 aliphatic carbocycles. The Hall–Kier alpha value is -5.49. The van der Waals surface area contributed by atoms with Crippen molar-refractivity contribution in [2.45, 2.75) is 6.04 Å². The Labute approximate surface area is 277 Å². The minimum Gasteiger partial charge on any atom is -0.317 e. The summed E-state index contributed by atoms with van der Waals surface area (Å²) in [6.07, 6.45) is 0. The summed E-state index contributed by atoms with van der Waals surface area (Å²) < 4.78 is 6.34. The number of para-hydroxylation sites is 1. The first-order valence-corrected chi connectivity index (χ1v) is 17.6. The quantitative estimate of drug-likeness (QED) is 0.191. The molecule has 220 valence electrons. The van der Waals surface area contributed by atoms with Gasteiger partial charge in [-0.3, -0.25) is 4.57 Å². The highest BCUT2D eigenvalue weighted by molar-refractivity contribution is 7.27. The van der Waals surface area contributed by atoms with Crippen LogP contribution >= 0.6 is 22.7 Å². The summed E-state index contributed by atoms with van der Waals surface area (Å²) in [7, 11) is 0. The molecule has 5 heteroatoms. The molecular weight excluding hydrogens is 611 g/mol. The molecule has 0 bridgehead atoms. The molecule has 1 N–H and O–H groups in total. The summed E-state index contributed by atoms with van der Waals surface area (Å²) in [6, 6.07) is 50.5. The first kappa shape index (κ1) is 25.7. The van der Waals surface area contributed by atoms with E-state index in [1.807, 2.05) is 22.7 Å². The third-order valence-electron chi connectivity index (χ3n) is 9.86. The van der Waals surface area contributed by atoms with E-state index in [4.69, 9.17) is 4.99 Å². The van der Waals surface area contributed by atoms with Gasteiger partial charge in [0.1, 0.15) is 11.0 Å². The first-order valence-electron chi connectivity index (χ1n) is 15.9. The predicted octanol–water partition coefficient (Wildman–Crippen LogP) is 12.1. The lowest BCUT2D eigenvalue weighted by Gasteiger charge is -2.25. The van der Waals surface area contributed by atoms with Crippen LogP contribution in [0, 0.1) is 0 Å². The second kappa shape index (κ2) is 9.52. The third-order valence-corrected chi connectivity index (χ3v) is 12.2. The normalized spacial score (nSPS) is 14.9. The highest BCUT2D eigenvalue weighted by Crippen LogP contribution is 2.50. The SMILES string of the molecule is c1ccc2c(C3N=C(n4c5ccccc5c5c6c7ccccc7sc6c6ccccc6c54)Nc4sc5ccccc5c43)cccc2c1. The van der Waals surface area contributed by atoms with Gasteiger partial charge in [-0.1, -0.05) is 121 Å². The van der Waals surface area contributed by atoms with Crippen molar-refractivity contribution in [2.75, 3.05) is 5.32 Å². The molecule has 0 fully saturated rings. The highest BCUT2D eigenvalue weighted by atomic mass is 32.1. The first-order chi connectivity index (χ1) is 23.3. The lowest BCUT2D eigenvalue weighted by Crippen LogP contribution is -2.26. The predicted molar refractivity (Wildman–Crippen MR) is 204 cm³/mol. The van der Waals surface area contributed by atoms with Crippen molar-refractivity contribution in [3.63, 3.8) is 0 Å². The second-order valence-corrected chi connectivity index (χ2v) is 14.4. The number of hydrogen-bond donors (Lipinski definition) is 1. The van der Waals surface area contributed by atoms with Crippen LogP contribution in [0.2, 0.25) is 0 Å². The van der Waals surface area contributed by atoms with Crippen molar-refractivity contribution in [3.05, 3.63) is 151 Å². The Balaban J connectivity index is 1.31. The van der Waals surface area contributed by atoms with Crippen LogP contribution in [0.25, 0.3) is 73.6 Å². The number of hydrogen-bond acceptors (Lipinski definition) is 4. The van der Waals surface area contributed by atoms with Crippen LogP contribution in [0.5, 0.6) is 0 Å². The fraction of sp³-hybridized carbons (Fsp3) is 0.0238. The van der Waals surface area contributed by atoms with E-state index in [0.717, 1.165) is 16.5 Å². The van der Waals surface area contributed by atoms with E-state index < -0.39 is 0 Å². The molecular formula is C42H25N3S2. The van der Waals surface area contributed by atoms with E-state index >= 15 is 0 Å². The Kier molecular flexibility index (Phi) is 5.20. The van der Waals surface area contributed by atoms with Crippen molar-refractivity contribution in [3.8, 4) is 0 Å². The zero-order valence-electron chi connectivity index (χ0n) is 25.1. The topological polar surface area (TPSA) is 29.3 Å². The Bertz CT molecular complexity index is 2950. The Morgan fingerprint density at radius 2 is 1.17 bits per heavy atom. The van der Waals surface area contributed by atoms with Crippen LogP contribution in [0.15, 0.2) is 145 Å². The maximum absolute atomic E-state index is 5.72. The van der Waals surface area contributed by atoms with Crippen LogP contribution < -0.4 is 5.32 Å². The van der Waals surface area contributed by atoms with Crippen LogP contribution in [-0.4, -0.2) is 10.5 Å². The summed E-state index contributed by atoms with van der Waals surface area (Å²) in [5, 5.41) is 16.5. The van der Waals surface area contributed by atoms with E-state index in [0.29, 0.717) is 0 Å². The second-order valence-electron chi connectivity index (χ2n) is 12.3. The van der Waals surface area contributed by atoms with Gasteiger partial charge in [-0.2, -0.15) is 0 Å². The van der Waals surface area contributed by atoms with E-state index in [2.05, 4.69) is 149 Å². The number of nitrogens with zero attached hydrogens (tertiary/aromatic N) is 2. The molecule has 0 amide bonds. The number of fused-ring (bicyclic) bond motifs is 14. The number of benzene rings is 7. The zero-order chi connectivity index (χ0) is 30.6. The van der Waals surface area contributed by atoms with Crippen molar-refractivity contribution >= 4 is 107 Å². The number of rotatable bonds is 1. The number of nitrogens with one attached hydrogen (secondary N) is 1. The fourth-order valence-corrected chi connectivity index (χ4v) is 10.3. The van der Waals surface area contributed by atoms with Gasteiger partial charge < -0.3 is 5.32 Å². The van der Waals surface area contributed by atoms with Gasteiger partial charge in [0, 0.05) is 57.4 Å². The highest BCUT2D eigenvalue weighted by Gasteiger charge is 2.31. The average Bonchev–Trinajstić information content (AvgIpc) is 3.81. The summed E-state index contributed by atoms with van der Waals surface area (Å²) in [5.74, 6) is 0.859. The van der Waals surface area contributed by atoms with Crippen LogP contribution in [0.1, 0.15) is 17.2 Å². The molecule has 0 spiro atoms. The number of thiophene rings is 2. The van der Waals surface area contributed by atoms with Gasteiger partial charge in [-0.15, -0.1) is 22.7 Å². The molecule has 0 saturated carbocycles. The molecule has 3 aromatic heterocycles. The van der Waals surface area contributed by atoms with Crippen LogP contribution in [0.4, 0.5) is 5.00 Å². The maximum Gasteiger partial charge on any atom is 0.209 e. The van der Waals surface area contributed by atoms with E-state index in [9.17, 15) is 0 Å². The Morgan fingerprint density at radius 3 is 2.02 bits per heavy atom. The molecule has 1 atom stereocenters. The molecule has 1 aliphatic heterocycles. The van der Waals surface area contributed by atoms with E-state index in [1.54, 1.807) is 0 Å². The third kappa shape index (κ3) is 3.47. The molecule has 0 radical (unpaired) electrons. The molecule has 1 unspecified atom stereocenters. The lowest BCUT2D eigenvalue weighted by atomic mass is 9.92. The molecule has 10 aromatic rings. The van der Waals surface area contributed by atoms with Gasteiger partial charge in [-0.05, 0) is 34.5 Å². The minimum atomic E-state index is -0.170. The van der Waals surface area contributed by atoms with Crippen molar-refractivity contribution in [1.29, 1.82) is 0 Å². The maximum atomic E-state index is 5.72. The lowest BCUT2D eigenvalue weighted by molar-refractivity contribution is 0.873. The van der Waals surface area contributed by atoms with Gasteiger partial charge in [0.15, 0.2) is 0 Å². The van der Waals surface area contributed by atoms with E-state index in [1.165, 1.54) is 79.2 Å². The van der Waals surface area contributed by atoms with Crippen LogP contribution in [0.3, 0.4) is 0 Å². The zero-order valence-corrected chi connectivity index (χ0v) is 26.7. The van der Waals surface area contributed by atoms with Crippen LogP contribution in [-0.2, 0) is 0 Å². The monoisotopic (exact) mass is 635 g/mol. The molecule has 0 saturated heterocycles. The van der Waals surface area contributed by atoms with E-state index in [-0.39, 0.29) is 6.04 Å². The van der Waals surface area contributed by atoms with Crippen molar-refractivity contribution in [1.82, 2.24) is 4.57 Å². The smallest absolute Gasteiger partial charge is 0.209 e. The van der Waals surface area contributed by atoms with Gasteiger partial charge in [-0.25, -0.2) is 4.99 Å². The fourth-order valence-electron chi connectivity index (χ4n) is 7.92. The van der Waals surface area contributed by atoms with Gasteiger partial charge in [0.25, 0.3) is 0 Å². The van der Waals surface area contributed by atoms with Crippen molar-refractivity contribution < 1.29 is 0 Å². The standard InChI is InChI=1S/C42H25N3S2/c1-2-14-25-24(12-1)13-11-20-26(25)38-37-31-19-7-10-23-34(31)47-41(37)44-42(43-38)45-32-21-8-5-17-29(32)35-36-30-18-6-9-22-33(30)46-40(36)28-16-4-3-15-27(28)39(35)45/h1-23,38H,(H,43,44). The molecule has 4 heterocycles. The Morgan fingerprint density at radius 1 is 0.532 bits per heavy atom.